The van der Waals surface area contributed by atoms with E-state index < -0.39 is 0 Å². The van der Waals surface area contributed by atoms with Crippen LogP contribution < -0.4 is 10.1 Å². The standard InChI is InChI=1S/C31H29N3O.CH4/c1-3-32-26-19-13-18-25(22-26)27-20-11-12-21-28(27)34-31(35-4-2)29(23-14-7-5-8-15-23)30(33-34)24-16-9-6-10-17-24;/h5-22,32H,3-4H2,1-2H3;1H4. The number of rotatable bonds is 8. The molecule has 0 amide bonds. The van der Waals surface area contributed by atoms with Gasteiger partial charge in [0.15, 0.2) is 0 Å². The zero-order valence-electron chi connectivity index (χ0n) is 20.1. The van der Waals surface area contributed by atoms with Gasteiger partial charge in [0.25, 0.3) is 0 Å². The summed E-state index contributed by atoms with van der Waals surface area (Å²) in [7, 11) is 0. The van der Waals surface area contributed by atoms with Crippen LogP contribution in [0.5, 0.6) is 5.88 Å². The molecule has 0 radical (unpaired) electrons. The fourth-order valence-electron chi connectivity index (χ4n) is 4.40. The van der Waals surface area contributed by atoms with Gasteiger partial charge in [-0.15, -0.1) is 0 Å². The molecular weight excluding hydrogens is 442 g/mol. The molecular formula is C32H33N3O. The molecule has 0 aliphatic rings. The van der Waals surface area contributed by atoms with E-state index in [0.717, 1.165) is 57.3 Å². The van der Waals surface area contributed by atoms with Crippen LogP contribution in [0.4, 0.5) is 5.69 Å². The van der Waals surface area contributed by atoms with Crippen molar-refractivity contribution in [3.63, 3.8) is 0 Å². The minimum absolute atomic E-state index is 0. The summed E-state index contributed by atoms with van der Waals surface area (Å²) in [4.78, 5) is 0. The summed E-state index contributed by atoms with van der Waals surface area (Å²) in [6.45, 7) is 5.53. The van der Waals surface area contributed by atoms with E-state index in [2.05, 4.69) is 97.2 Å². The lowest BCUT2D eigenvalue weighted by molar-refractivity contribution is 0.318. The van der Waals surface area contributed by atoms with Crippen molar-refractivity contribution >= 4 is 5.69 Å². The van der Waals surface area contributed by atoms with Crippen molar-refractivity contribution in [2.75, 3.05) is 18.5 Å². The molecule has 0 aliphatic carbocycles. The molecule has 0 bridgehead atoms. The number of hydrogen-bond acceptors (Lipinski definition) is 3. The number of aromatic nitrogens is 2. The fourth-order valence-corrected chi connectivity index (χ4v) is 4.40. The van der Waals surface area contributed by atoms with Gasteiger partial charge in [0, 0.05) is 23.4 Å². The van der Waals surface area contributed by atoms with E-state index in [1.54, 1.807) is 0 Å². The van der Waals surface area contributed by atoms with Crippen molar-refractivity contribution in [1.82, 2.24) is 9.78 Å². The molecule has 4 aromatic carbocycles. The first-order valence-corrected chi connectivity index (χ1v) is 12.1. The Hall–Kier alpha value is -4.31. The van der Waals surface area contributed by atoms with Crippen molar-refractivity contribution in [2.24, 2.45) is 0 Å². The monoisotopic (exact) mass is 475 g/mol. The van der Waals surface area contributed by atoms with Crippen LogP contribution >= 0.6 is 0 Å². The summed E-state index contributed by atoms with van der Waals surface area (Å²) >= 11 is 0. The van der Waals surface area contributed by atoms with E-state index in [1.807, 2.05) is 35.9 Å². The Morgan fingerprint density at radius 3 is 2.06 bits per heavy atom. The average molecular weight is 476 g/mol. The Bertz CT molecular complexity index is 1410. The summed E-state index contributed by atoms with van der Waals surface area (Å²) < 4.78 is 8.28. The molecule has 0 fully saturated rings. The molecule has 1 aromatic heterocycles. The van der Waals surface area contributed by atoms with Gasteiger partial charge in [-0.3, -0.25) is 0 Å². The van der Waals surface area contributed by atoms with E-state index in [9.17, 15) is 0 Å². The van der Waals surface area contributed by atoms with Gasteiger partial charge >= 0.3 is 0 Å². The number of para-hydroxylation sites is 1. The van der Waals surface area contributed by atoms with Crippen LogP contribution in [0.25, 0.3) is 39.2 Å². The first kappa shape index (κ1) is 24.8. The van der Waals surface area contributed by atoms with Crippen molar-refractivity contribution in [1.29, 1.82) is 0 Å². The van der Waals surface area contributed by atoms with Crippen LogP contribution in [-0.4, -0.2) is 22.9 Å². The summed E-state index contributed by atoms with van der Waals surface area (Å²) in [5.41, 5.74) is 8.32. The van der Waals surface area contributed by atoms with Gasteiger partial charge in [-0.25, -0.2) is 0 Å². The van der Waals surface area contributed by atoms with Gasteiger partial charge in [0.2, 0.25) is 5.88 Å². The van der Waals surface area contributed by atoms with E-state index >= 15 is 0 Å². The Morgan fingerprint density at radius 1 is 0.722 bits per heavy atom. The van der Waals surface area contributed by atoms with Crippen LogP contribution in [0.15, 0.2) is 109 Å². The Kier molecular flexibility index (Phi) is 7.86. The average Bonchev–Trinajstić information content (AvgIpc) is 3.29. The Morgan fingerprint density at radius 2 is 1.36 bits per heavy atom. The molecule has 0 atom stereocenters. The summed E-state index contributed by atoms with van der Waals surface area (Å²) in [6, 6.07) is 37.5. The highest BCUT2D eigenvalue weighted by Gasteiger charge is 2.24. The Labute approximate surface area is 214 Å². The minimum atomic E-state index is 0. The summed E-state index contributed by atoms with van der Waals surface area (Å²) in [5.74, 6) is 0.743. The van der Waals surface area contributed by atoms with Gasteiger partial charge in [-0.05, 0) is 43.2 Å². The third-order valence-electron chi connectivity index (χ3n) is 5.92. The topological polar surface area (TPSA) is 39.1 Å². The second kappa shape index (κ2) is 11.4. The van der Waals surface area contributed by atoms with Crippen molar-refractivity contribution in [2.45, 2.75) is 21.3 Å². The highest BCUT2D eigenvalue weighted by Crippen LogP contribution is 2.42. The van der Waals surface area contributed by atoms with Crippen LogP contribution in [0, 0.1) is 0 Å². The maximum atomic E-state index is 6.32. The zero-order chi connectivity index (χ0) is 24.0. The third kappa shape index (κ3) is 4.89. The molecule has 182 valence electrons. The van der Waals surface area contributed by atoms with E-state index in [0.29, 0.717) is 6.61 Å². The molecule has 1 heterocycles. The first-order valence-electron chi connectivity index (χ1n) is 12.1. The number of hydrogen-bond donors (Lipinski definition) is 1. The normalized spacial score (nSPS) is 10.5. The van der Waals surface area contributed by atoms with E-state index in [4.69, 9.17) is 9.84 Å². The van der Waals surface area contributed by atoms with Crippen LogP contribution in [0.3, 0.4) is 0 Å². The van der Waals surface area contributed by atoms with Crippen molar-refractivity contribution < 1.29 is 4.74 Å². The molecule has 4 heteroatoms. The molecule has 36 heavy (non-hydrogen) atoms. The molecule has 5 aromatic rings. The molecule has 0 saturated carbocycles. The number of anilines is 1. The van der Waals surface area contributed by atoms with Crippen LogP contribution in [0.2, 0.25) is 0 Å². The summed E-state index contributed by atoms with van der Waals surface area (Å²) in [6.07, 6.45) is 0. The SMILES string of the molecule is C.CCNc1cccc(-c2ccccc2-n2nc(-c3ccccc3)c(-c3ccccc3)c2OCC)c1. The second-order valence-electron chi connectivity index (χ2n) is 8.23. The molecule has 0 aliphatic heterocycles. The van der Waals surface area contributed by atoms with Crippen molar-refractivity contribution in [3.8, 4) is 45.1 Å². The highest BCUT2D eigenvalue weighted by atomic mass is 16.5. The van der Waals surface area contributed by atoms with Gasteiger partial charge in [-0.1, -0.05) is 98.4 Å². The second-order valence-corrected chi connectivity index (χ2v) is 8.23. The van der Waals surface area contributed by atoms with E-state index in [-0.39, 0.29) is 7.43 Å². The zero-order valence-corrected chi connectivity index (χ0v) is 20.1. The smallest absolute Gasteiger partial charge is 0.225 e. The predicted molar refractivity (Wildman–Crippen MR) is 152 cm³/mol. The molecule has 0 spiro atoms. The van der Waals surface area contributed by atoms with Crippen LogP contribution in [0.1, 0.15) is 21.3 Å². The third-order valence-corrected chi connectivity index (χ3v) is 5.92. The molecule has 0 unspecified atom stereocenters. The molecule has 4 nitrogen and oxygen atoms in total. The van der Waals surface area contributed by atoms with Gasteiger partial charge in [0.05, 0.1) is 17.9 Å². The van der Waals surface area contributed by atoms with Gasteiger partial charge in [-0.2, -0.15) is 9.78 Å². The molecule has 5 rings (SSSR count). The number of benzene rings is 4. The largest absolute Gasteiger partial charge is 0.477 e. The maximum Gasteiger partial charge on any atom is 0.225 e. The van der Waals surface area contributed by atoms with E-state index in [1.165, 1.54) is 0 Å². The lowest BCUT2D eigenvalue weighted by Crippen LogP contribution is -2.05. The number of ether oxygens (including phenoxy) is 1. The molecule has 0 saturated heterocycles. The van der Waals surface area contributed by atoms with Gasteiger partial charge < -0.3 is 10.1 Å². The Balaban J connectivity index is 0.00000304. The van der Waals surface area contributed by atoms with Crippen LogP contribution in [-0.2, 0) is 0 Å². The van der Waals surface area contributed by atoms with Crippen molar-refractivity contribution in [3.05, 3.63) is 109 Å². The minimum Gasteiger partial charge on any atom is -0.477 e. The lowest BCUT2D eigenvalue weighted by Gasteiger charge is -2.15. The fraction of sp³-hybridized carbons (Fsp3) is 0.156. The maximum absolute atomic E-state index is 6.32. The highest BCUT2D eigenvalue weighted by molar-refractivity contribution is 5.86. The lowest BCUT2D eigenvalue weighted by atomic mass is 10.0. The number of nitrogens with one attached hydrogen (secondary N) is 1. The number of nitrogens with zero attached hydrogens (tertiary/aromatic N) is 2. The van der Waals surface area contributed by atoms with Gasteiger partial charge in [0.1, 0.15) is 5.69 Å². The quantitative estimate of drug-likeness (QED) is 0.245. The first-order chi connectivity index (χ1) is 17.3. The predicted octanol–water partition coefficient (Wildman–Crippen LogP) is 8.34. The summed E-state index contributed by atoms with van der Waals surface area (Å²) in [5, 5.41) is 8.58. The molecule has 1 N–H and O–H groups in total.